The lowest BCUT2D eigenvalue weighted by Gasteiger charge is -2.09. The number of aromatic amines is 1. The number of aromatic nitrogens is 1. The van der Waals surface area contributed by atoms with Crippen molar-refractivity contribution in [1.29, 1.82) is 10.5 Å². The number of nitrogens with two attached hydrogens (primary N) is 1. The lowest BCUT2D eigenvalue weighted by molar-refractivity contribution is -0.410. The molecule has 0 aliphatic heterocycles. The number of rotatable bonds is 3. The second-order valence-corrected chi connectivity index (χ2v) is 5.79. The summed E-state index contributed by atoms with van der Waals surface area (Å²) >= 11 is 1.50. The molecule has 0 unspecified atom stereocenters. The summed E-state index contributed by atoms with van der Waals surface area (Å²) in [5, 5.41) is 19.6. The molecule has 1 aromatic heterocycles. The zero-order valence-corrected chi connectivity index (χ0v) is 12.7. The number of hydrogen-bond acceptors (Lipinski definition) is 4. The highest BCUT2D eigenvalue weighted by Crippen LogP contribution is 2.33. The Kier molecular flexibility index (Phi) is 4.47. The maximum Gasteiger partial charge on any atom is 0.289 e. The van der Waals surface area contributed by atoms with Crippen LogP contribution in [0, 0.1) is 29.6 Å². The monoisotopic (exact) mass is 295 g/mol. The van der Waals surface area contributed by atoms with Crippen molar-refractivity contribution in [2.75, 3.05) is 11.5 Å². The molecule has 0 bridgehead atoms. The first-order valence-electron chi connectivity index (χ1n) is 6.51. The highest BCUT2D eigenvalue weighted by atomic mass is 32.2. The lowest BCUT2D eigenvalue weighted by atomic mass is 9.96. The summed E-state index contributed by atoms with van der Waals surface area (Å²) < 4.78 is 0. The van der Waals surface area contributed by atoms with Crippen LogP contribution in [-0.4, -0.2) is 5.75 Å². The second kappa shape index (κ2) is 6.30. The molecule has 0 aliphatic carbocycles. The Labute approximate surface area is 128 Å². The van der Waals surface area contributed by atoms with E-state index >= 15 is 0 Å². The highest BCUT2D eigenvalue weighted by molar-refractivity contribution is 7.99. The van der Waals surface area contributed by atoms with Crippen molar-refractivity contribution in [3.8, 4) is 23.3 Å². The van der Waals surface area contributed by atoms with Crippen LogP contribution in [0.15, 0.2) is 29.3 Å². The van der Waals surface area contributed by atoms with Crippen LogP contribution < -0.4 is 10.7 Å². The van der Waals surface area contributed by atoms with Crippen molar-refractivity contribution in [2.24, 2.45) is 0 Å². The van der Waals surface area contributed by atoms with Crippen LogP contribution in [0.5, 0.6) is 0 Å². The van der Waals surface area contributed by atoms with Gasteiger partial charge in [-0.2, -0.15) is 10.5 Å². The summed E-state index contributed by atoms with van der Waals surface area (Å²) in [6, 6.07) is 12.0. The van der Waals surface area contributed by atoms with E-state index in [0.29, 0.717) is 27.5 Å². The topological polar surface area (TPSA) is 87.7 Å². The molecule has 0 radical (unpaired) electrons. The standard InChI is InChI=1S/C16H14N4S/c1-3-21-16-13(9-18)14(12(8-17)15(19)20-16)11-6-4-10(2)5-7-11/h4-7H,3H2,1-2H3,(H2,19,20)/p+1. The molecule has 1 heterocycles. The molecule has 2 aromatic rings. The molecule has 0 atom stereocenters. The largest absolute Gasteiger partial charge is 0.289 e. The molecule has 4 nitrogen and oxygen atoms in total. The van der Waals surface area contributed by atoms with Crippen molar-refractivity contribution in [2.45, 2.75) is 18.9 Å². The number of aryl methyl sites for hydroxylation is 1. The van der Waals surface area contributed by atoms with Crippen LogP contribution in [0.25, 0.3) is 11.1 Å². The number of hydrogen-bond donors (Lipinski definition) is 1. The van der Waals surface area contributed by atoms with E-state index in [9.17, 15) is 10.5 Å². The van der Waals surface area contributed by atoms with Crippen molar-refractivity contribution in [1.82, 2.24) is 0 Å². The number of pyridine rings is 1. The smallest absolute Gasteiger partial charge is 0.286 e. The third-order valence-corrected chi connectivity index (χ3v) is 3.98. The van der Waals surface area contributed by atoms with E-state index in [1.165, 1.54) is 11.8 Å². The molecule has 0 aliphatic rings. The molecule has 0 saturated carbocycles. The Bertz CT molecular complexity index is 752. The number of nitrogens with zero attached hydrogens (tertiary/aromatic N) is 2. The molecule has 1 aromatic carbocycles. The Balaban J connectivity index is 2.81. The molecule has 0 saturated heterocycles. The van der Waals surface area contributed by atoms with Gasteiger partial charge in [-0.05, 0) is 18.2 Å². The van der Waals surface area contributed by atoms with Gasteiger partial charge in [-0.3, -0.25) is 5.73 Å². The van der Waals surface area contributed by atoms with Crippen LogP contribution in [0.1, 0.15) is 23.6 Å². The maximum atomic E-state index is 9.52. The lowest BCUT2D eigenvalue weighted by Crippen LogP contribution is -2.18. The van der Waals surface area contributed by atoms with E-state index in [2.05, 4.69) is 17.1 Å². The molecule has 2 rings (SSSR count). The SMILES string of the molecule is CCSc1[nH+]c(N)c(C#N)c(-c2ccc(C)cc2)c1C#N. The third-order valence-electron chi connectivity index (χ3n) is 3.10. The average Bonchev–Trinajstić information content (AvgIpc) is 2.48. The number of H-pyrrole nitrogens is 1. The van der Waals surface area contributed by atoms with Gasteiger partial charge in [-0.1, -0.05) is 48.5 Å². The fourth-order valence-corrected chi connectivity index (χ4v) is 2.87. The summed E-state index contributed by atoms with van der Waals surface area (Å²) in [6.07, 6.45) is 0. The molecular formula is C16H15N4S+. The van der Waals surface area contributed by atoms with E-state index in [4.69, 9.17) is 5.73 Å². The van der Waals surface area contributed by atoms with Gasteiger partial charge in [0.25, 0.3) is 5.82 Å². The van der Waals surface area contributed by atoms with Gasteiger partial charge in [0.2, 0.25) is 0 Å². The summed E-state index contributed by atoms with van der Waals surface area (Å²) in [5.41, 5.74) is 9.29. The summed E-state index contributed by atoms with van der Waals surface area (Å²) in [5.74, 6) is 1.10. The van der Waals surface area contributed by atoms with Crippen LogP contribution in [-0.2, 0) is 0 Å². The summed E-state index contributed by atoms with van der Waals surface area (Å²) in [6.45, 7) is 3.99. The highest BCUT2D eigenvalue weighted by Gasteiger charge is 2.23. The number of nitriles is 2. The first-order valence-corrected chi connectivity index (χ1v) is 7.49. The number of nitrogens with one attached hydrogen (secondary N) is 1. The molecule has 21 heavy (non-hydrogen) atoms. The molecule has 0 spiro atoms. The van der Waals surface area contributed by atoms with Crippen molar-refractivity contribution >= 4 is 17.6 Å². The van der Waals surface area contributed by atoms with Gasteiger partial charge in [0, 0.05) is 5.56 Å². The minimum absolute atomic E-state index is 0.294. The molecule has 0 fully saturated rings. The first-order chi connectivity index (χ1) is 10.1. The Morgan fingerprint density at radius 3 is 2.29 bits per heavy atom. The quantitative estimate of drug-likeness (QED) is 0.882. The fraction of sp³-hybridized carbons (Fsp3) is 0.188. The first kappa shape index (κ1) is 14.9. The van der Waals surface area contributed by atoms with Crippen LogP contribution in [0.3, 0.4) is 0 Å². The van der Waals surface area contributed by atoms with Gasteiger partial charge in [-0.25, -0.2) is 4.98 Å². The minimum atomic E-state index is 0.294. The molecule has 0 amide bonds. The van der Waals surface area contributed by atoms with E-state index < -0.39 is 0 Å². The zero-order chi connectivity index (χ0) is 15.4. The second-order valence-electron chi connectivity index (χ2n) is 4.52. The fourth-order valence-electron chi connectivity index (χ4n) is 2.10. The Morgan fingerprint density at radius 2 is 1.76 bits per heavy atom. The van der Waals surface area contributed by atoms with Gasteiger partial charge in [0.05, 0.1) is 0 Å². The zero-order valence-electron chi connectivity index (χ0n) is 11.9. The summed E-state index contributed by atoms with van der Waals surface area (Å²) in [7, 11) is 0. The maximum absolute atomic E-state index is 9.52. The van der Waals surface area contributed by atoms with E-state index in [1.807, 2.05) is 38.1 Å². The Morgan fingerprint density at radius 1 is 1.14 bits per heavy atom. The van der Waals surface area contributed by atoms with Crippen LogP contribution in [0.4, 0.5) is 5.82 Å². The Hall–Kier alpha value is -2.50. The van der Waals surface area contributed by atoms with Crippen LogP contribution in [0.2, 0.25) is 0 Å². The van der Waals surface area contributed by atoms with E-state index in [0.717, 1.165) is 16.9 Å². The number of nitrogen functional groups attached to an aromatic ring is 1. The van der Waals surface area contributed by atoms with Gasteiger partial charge < -0.3 is 0 Å². The van der Waals surface area contributed by atoms with Gasteiger partial charge in [0.15, 0.2) is 5.03 Å². The van der Waals surface area contributed by atoms with E-state index in [1.54, 1.807) is 0 Å². The normalized spacial score (nSPS) is 9.90. The van der Waals surface area contributed by atoms with Crippen LogP contribution >= 0.6 is 11.8 Å². The molecule has 5 heteroatoms. The van der Waals surface area contributed by atoms with Crippen molar-refractivity contribution in [3.63, 3.8) is 0 Å². The number of benzene rings is 1. The minimum Gasteiger partial charge on any atom is -0.286 e. The molecule has 104 valence electrons. The van der Waals surface area contributed by atoms with Gasteiger partial charge in [-0.15, -0.1) is 0 Å². The summed E-state index contributed by atoms with van der Waals surface area (Å²) in [4.78, 5) is 2.96. The average molecular weight is 295 g/mol. The van der Waals surface area contributed by atoms with Gasteiger partial charge >= 0.3 is 0 Å². The van der Waals surface area contributed by atoms with Crippen molar-refractivity contribution < 1.29 is 4.98 Å². The number of thioether (sulfide) groups is 1. The third kappa shape index (κ3) is 2.84. The van der Waals surface area contributed by atoms with E-state index in [-0.39, 0.29) is 0 Å². The molecule has 3 N–H and O–H groups in total. The predicted molar refractivity (Wildman–Crippen MR) is 83.4 cm³/mol. The van der Waals surface area contributed by atoms with Crippen molar-refractivity contribution in [3.05, 3.63) is 41.0 Å². The van der Waals surface area contributed by atoms with Gasteiger partial charge in [0.1, 0.15) is 23.3 Å². The molecular weight excluding hydrogens is 280 g/mol. The predicted octanol–water partition coefficient (Wildman–Crippen LogP) is 2.91. The number of anilines is 1.